The molecular formula is C24H34O10. The fraction of sp³-hybridized carbons (Fsp3) is 0.667. The smallest absolute Gasteiger partial charge is 0.309 e. The van der Waals surface area contributed by atoms with Gasteiger partial charge in [-0.1, -0.05) is 27.7 Å². The maximum Gasteiger partial charge on any atom is 0.309 e. The average molecular weight is 483 g/mol. The number of ether oxygens (including phenoxy) is 5. The zero-order valence-corrected chi connectivity index (χ0v) is 20.5. The highest BCUT2D eigenvalue weighted by molar-refractivity contribution is 5.71. The van der Waals surface area contributed by atoms with Crippen molar-refractivity contribution < 1.29 is 48.0 Å². The highest BCUT2D eigenvalue weighted by atomic mass is 16.7. The van der Waals surface area contributed by atoms with Crippen LogP contribution in [0.5, 0.6) is 0 Å². The van der Waals surface area contributed by atoms with E-state index in [0.717, 1.165) is 0 Å². The molecule has 4 atom stereocenters. The zero-order valence-electron chi connectivity index (χ0n) is 20.5. The predicted molar refractivity (Wildman–Crippen MR) is 118 cm³/mol. The number of carbonyl (C=O) groups is 4. The Morgan fingerprint density at radius 1 is 0.971 bits per heavy atom. The molecule has 0 aromatic heterocycles. The van der Waals surface area contributed by atoms with Crippen molar-refractivity contribution >= 4 is 23.9 Å². The maximum atomic E-state index is 12.4. The molecule has 190 valence electrons. The van der Waals surface area contributed by atoms with Crippen LogP contribution in [0.15, 0.2) is 23.5 Å². The molecule has 0 bridgehead atoms. The Labute approximate surface area is 199 Å². The highest BCUT2D eigenvalue weighted by Gasteiger charge is 2.59. The lowest BCUT2D eigenvalue weighted by Crippen LogP contribution is -2.55. The Bertz CT molecular complexity index is 856. The van der Waals surface area contributed by atoms with E-state index >= 15 is 0 Å². The molecule has 1 N–H and O–H groups in total. The van der Waals surface area contributed by atoms with E-state index in [-0.39, 0.29) is 31.3 Å². The molecule has 1 aliphatic heterocycles. The van der Waals surface area contributed by atoms with Crippen LogP contribution in [-0.2, 0) is 42.9 Å². The topological polar surface area (TPSA) is 135 Å². The minimum atomic E-state index is -1.99. The van der Waals surface area contributed by atoms with Crippen LogP contribution in [0.3, 0.4) is 0 Å². The van der Waals surface area contributed by atoms with Crippen LogP contribution in [0, 0.1) is 17.8 Å². The normalized spacial score (nSPS) is 25.6. The average Bonchev–Trinajstić information content (AvgIpc) is 2.97. The zero-order chi connectivity index (χ0) is 25.6. The Balaban J connectivity index is 2.45. The number of hydrogen-bond donors (Lipinski definition) is 1. The van der Waals surface area contributed by atoms with Crippen LogP contribution >= 0.6 is 0 Å². The number of fused-ring (bicyclic) bond motifs is 1. The first-order chi connectivity index (χ1) is 15.8. The first-order valence-electron chi connectivity index (χ1n) is 11.3. The lowest BCUT2D eigenvalue weighted by Gasteiger charge is -2.40. The number of rotatable bonds is 10. The molecule has 0 fully saturated rings. The summed E-state index contributed by atoms with van der Waals surface area (Å²) in [4.78, 5) is 47.8. The first kappa shape index (κ1) is 27.4. The number of hydrogen-bond acceptors (Lipinski definition) is 10. The molecule has 0 aromatic carbocycles. The van der Waals surface area contributed by atoms with Crippen molar-refractivity contribution in [1.29, 1.82) is 0 Å². The quantitative estimate of drug-likeness (QED) is 0.365. The molecule has 0 aromatic rings. The van der Waals surface area contributed by atoms with E-state index in [9.17, 15) is 24.3 Å². The summed E-state index contributed by atoms with van der Waals surface area (Å²) in [6.07, 6.45) is 0.481. The van der Waals surface area contributed by atoms with Crippen molar-refractivity contribution in [2.24, 2.45) is 17.8 Å². The van der Waals surface area contributed by atoms with E-state index in [2.05, 4.69) is 0 Å². The van der Waals surface area contributed by atoms with Crippen molar-refractivity contribution in [3.05, 3.63) is 23.5 Å². The van der Waals surface area contributed by atoms with Gasteiger partial charge in [0.1, 0.15) is 13.2 Å². The van der Waals surface area contributed by atoms with Gasteiger partial charge in [-0.3, -0.25) is 19.2 Å². The van der Waals surface area contributed by atoms with Gasteiger partial charge in [0.05, 0.1) is 12.2 Å². The summed E-state index contributed by atoms with van der Waals surface area (Å²) in [5.74, 6) is -3.34. The van der Waals surface area contributed by atoms with Crippen LogP contribution in [0.4, 0.5) is 0 Å². The molecule has 0 amide bonds. The predicted octanol–water partition coefficient (Wildman–Crippen LogP) is 2.19. The Morgan fingerprint density at radius 2 is 1.53 bits per heavy atom. The van der Waals surface area contributed by atoms with E-state index in [4.69, 9.17) is 23.7 Å². The van der Waals surface area contributed by atoms with Gasteiger partial charge in [-0.05, 0) is 23.5 Å². The van der Waals surface area contributed by atoms with Crippen molar-refractivity contribution in [3.8, 4) is 0 Å². The van der Waals surface area contributed by atoms with Gasteiger partial charge in [-0.2, -0.15) is 0 Å². The second-order valence-electron chi connectivity index (χ2n) is 9.40. The fourth-order valence-electron chi connectivity index (χ4n) is 3.79. The molecule has 0 spiro atoms. The summed E-state index contributed by atoms with van der Waals surface area (Å²) in [6.45, 7) is 9.08. The summed E-state index contributed by atoms with van der Waals surface area (Å²) >= 11 is 0. The molecule has 2 aliphatic rings. The van der Waals surface area contributed by atoms with Gasteiger partial charge in [-0.25, -0.2) is 0 Å². The maximum absolute atomic E-state index is 12.4. The second-order valence-corrected chi connectivity index (χ2v) is 9.40. The van der Waals surface area contributed by atoms with Crippen LogP contribution < -0.4 is 0 Å². The summed E-state index contributed by atoms with van der Waals surface area (Å²) in [5.41, 5.74) is -1.20. The second kappa shape index (κ2) is 11.5. The number of esters is 4. The number of aliphatic hydroxyl groups is 1. The molecule has 0 unspecified atom stereocenters. The third kappa shape index (κ3) is 7.06. The molecule has 2 rings (SSSR count). The summed E-state index contributed by atoms with van der Waals surface area (Å²) in [7, 11) is 0. The van der Waals surface area contributed by atoms with E-state index in [1.807, 2.05) is 27.7 Å². The minimum absolute atomic E-state index is 0.0119. The van der Waals surface area contributed by atoms with Gasteiger partial charge in [-0.15, -0.1) is 0 Å². The van der Waals surface area contributed by atoms with Gasteiger partial charge in [0.25, 0.3) is 6.29 Å². The summed E-state index contributed by atoms with van der Waals surface area (Å²) in [5, 5.41) is 11.7. The van der Waals surface area contributed by atoms with E-state index < -0.39 is 54.4 Å². The van der Waals surface area contributed by atoms with E-state index in [1.165, 1.54) is 26.2 Å². The van der Waals surface area contributed by atoms with Crippen LogP contribution in [0.25, 0.3) is 0 Å². The van der Waals surface area contributed by atoms with Crippen LogP contribution in [-0.4, -0.2) is 60.2 Å². The van der Waals surface area contributed by atoms with E-state index in [0.29, 0.717) is 11.1 Å². The Hall–Kier alpha value is -2.88. The highest BCUT2D eigenvalue weighted by Crippen LogP contribution is 2.47. The number of carbonyl (C=O) groups excluding carboxylic acids is 4. The third-order valence-corrected chi connectivity index (χ3v) is 5.28. The minimum Gasteiger partial charge on any atom is -0.463 e. The van der Waals surface area contributed by atoms with Gasteiger partial charge < -0.3 is 28.8 Å². The Kier molecular flexibility index (Phi) is 9.26. The molecule has 10 heteroatoms. The third-order valence-electron chi connectivity index (χ3n) is 5.28. The molecule has 0 radical (unpaired) electrons. The standard InChI is InChI=1S/C24H34O10/c1-13(2)7-20(27)33-19-9-18-17(10-30-15(5)25)11-31-23(34-21(28)8-14(3)4)22(18)24(19,29)12-32-16(6)26/h9,11,13-14,19,22-23,29H,7-8,10,12H2,1-6H3/t19-,22-,23+,24-/m0/s1. The van der Waals surface area contributed by atoms with Gasteiger partial charge in [0.2, 0.25) is 0 Å². The van der Waals surface area contributed by atoms with Gasteiger partial charge >= 0.3 is 23.9 Å². The van der Waals surface area contributed by atoms with Crippen molar-refractivity contribution in [1.82, 2.24) is 0 Å². The SMILES string of the molecule is CC(=O)OCC1=CO[C@H](OC(=O)CC(C)C)[C@@H]2C1=C[C@H](OC(=O)CC(C)C)[C@@]2(O)COC(C)=O. The fourth-order valence-corrected chi connectivity index (χ4v) is 3.79. The Morgan fingerprint density at radius 3 is 2.06 bits per heavy atom. The monoisotopic (exact) mass is 482 g/mol. The van der Waals surface area contributed by atoms with Crippen molar-refractivity contribution in [2.45, 2.75) is 72.4 Å². The molecule has 0 saturated heterocycles. The molecular weight excluding hydrogens is 448 g/mol. The summed E-state index contributed by atoms with van der Waals surface area (Å²) < 4.78 is 26.9. The summed E-state index contributed by atoms with van der Waals surface area (Å²) in [6, 6.07) is 0. The molecule has 1 aliphatic carbocycles. The lowest BCUT2D eigenvalue weighted by molar-refractivity contribution is -0.217. The van der Waals surface area contributed by atoms with Crippen molar-refractivity contribution in [3.63, 3.8) is 0 Å². The van der Waals surface area contributed by atoms with Crippen LogP contribution in [0.1, 0.15) is 54.4 Å². The largest absolute Gasteiger partial charge is 0.463 e. The van der Waals surface area contributed by atoms with Crippen LogP contribution in [0.2, 0.25) is 0 Å². The van der Waals surface area contributed by atoms with Gasteiger partial charge in [0, 0.05) is 32.3 Å². The first-order valence-corrected chi connectivity index (χ1v) is 11.3. The van der Waals surface area contributed by atoms with Gasteiger partial charge in [0.15, 0.2) is 11.7 Å². The molecule has 1 heterocycles. The van der Waals surface area contributed by atoms with E-state index in [1.54, 1.807) is 0 Å². The molecule has 34 heavy (non-hydrogen) atoms. The lowest BCUT2D eigenvalue weighted by atomic mass is 9.82. The molecule has 0 saturated carbocycles. The van der Waals surface area contributed by atoms with Crippen molar-refractivity contribution in [2.75, 3.05) is 13.2 Å². The molecule has 10 nitrogen and oxygen atoms in total.